The van der Waals surface area contributed by atoms with Crippen LogP contribution in [-0.2, 0) is 0 Å². The molecule has 1 rings (SSSR count). The molecular weight excluding hydrogens is 228 g/mol. The molecule has 0 atom stereocenters. The fourth-order valence-corrected chi connectivity index (χ4v) is 1.49. The first kappa shape index (κ1) is 10.5. The van der Waals surface area contributed by atoms with E-state index in [9.17, 15) is 0 Å². The monoisotopic (exact) mass is 240 g/mol. The second-order valence-electron chi connectivity index (χ2n) is 3.05. The van der Waals surface area contributed by atoms with E-state index >= 15 is 0 Å². The summed E-state index contributed by atoms with van der Waals surface area (Å²) in [4.78, 5) is 0. The van der Waals surface area contributed by atoms with Crippen LogP contribution in [0.5, 0.6) is 0 Å². The van der Waals surface area contributed by atoms with Crippen molar-refractivity contribution in [2.24, 2.45) is 0 Å². The summed E-state index contributed by atoms with van der Waals surface area (Å²) in [6.45, 7) is 4.22. The van der Waals surface area contributed by atoms with Gasteiger partial charge in [0.25, 0.3) is 0 Å². The first-order valence-corrected chi connectivity index (χ1v) is 4.98. The molecule has 1 aromatic rings. The molecular formula is C11H13BrO. The Bertz CT molecular complexity index is 306. The van der Waals surface area contributed by atoms with Crippen LogP contribution in [0.1, 0.15) is 16.7 Å². The largest absolute Gasteiger partial charge is 0.392 e. The van der Waals surface area contributed by atoms with Crippen LogP contribution in [0.4, 0.5) is 0 Å². The highest BCUT2D eigenvalue weighted by atomic mass is 79.9. The minimum atomic E-state index is 0.0914. The summed E-state index contributed by atoms with van der Waals surface area (Å²) in [7, 11) is 0. The predicted octanol–water partition coefficient (Wildman–Crippen LogP) is 3.07. The molecule has 0 spiro atoms. The molecule has 0 radical (unpaired) electrons. The third-order valence-electron chi connectivity index (χ3n) is 1.87. The molecule has 0 bridgehead atoms. The van der Waals surface area contributed by atoms with Gasteiger partial charge in [0.05, 0.1) is 6.61 Å². The minimum Gasteiger partial charge on any atom is -0.392 e. The van der Waals surface area contributed by atoms with Crippen LogP contribution in [0, 0.1) is 13.8 Å². The van der Waals surface area contributed by atoms with Gasteiger partial charge in [0, 0.05) is 4.47 Å². The van der Waals surface area contributed by atoms with E-state index in [1.807, 2.05) is 6.08 Å². The number of halogens is 1. The first-order chi connectivity index (χ1) is 6.15. The van der Waals surface area contributed by atoms with Gasteiger partial charge in [0.15, 0.2) is 0 Å². The lowest BCUT2D eigenvalue weighted by molar-refractivity contribution is 0.343. The number of aliphatic hydroxyl groups is 1. The molecule has 0 aliphatic rings. The number of rotatable bonds is 2. The molecule has 0 aromatic heterocycles. The Labute approximate surface area is 87.2 Å². The Hall–Kier alpha value is -0.600. The zero-order valence-electron chi connectivity index (χ0n) is 7.84. The molecule has 0 fully saturated rings. The lowest BCUT2D eigenvalue weighted by Gasteiger charge is -2.04. The standard InChI is InChI=1S/C11H13BrO/c1-8-6-10(4-3-5-13)7-9(2)11(8)12/h3-4,6-7,13H,5H2,1-2H3/b4-3+. The van der Waals surface area contributed by atoms with Gasteiger partial charge in [-0.05, 0) is 30.5 Å². The number of hydrogen-bond acceptors (Lipinski definition) is 1. The van der Waals surface area contributed by atoms with Crippen molar-refractivity contribution in [2.45, 2.75) is 13.8 Å². The van der Waals surface area contributed by atoms with Gasteiger partial charge in [-0.2, -0.15) is 0 Å². The third kappa shape index (κ3) is 2.68. The van der Waals surface area contributed by atoms with Crippen LogP contribution >= 0.6 is 15.9 Å². The van der Waals surface area contributed by atoms with E-state index in [4.69, 9.17) is 5.11 Å². The Balaban J connectivity index is 3.06. The highest BCUT2D eigenvalue weighted by Gasteiger charge is 1.99. The van der Waals surface area contributed by atoms with Crippen LogP contribution in [0.15, 0.2) is 22.7 Å². The maximum Gasteiger partial charge on any atom is 0.0615 e. The predicted molar refractivity (Wildman–Crippen MR) is 59.7 cm³/mol. The molecule has 0 amide bonds. The molecule has 0 unspecified atom stereocenters. The lowest BCUT2D eigenvalue weighted by Crippen LogP contribution is -1.84. The van der Waals surface area contributed by atoms with Crippen molar-refractivity contribution >= 4 is 22.0 Å². The molecule has 1 aromatic carbocycles. The van der Waals surface area contributed by atoms with E-state index in [0.29, 0.717) is 0 Å². The molecule has 0 aliphatic heterocycles. The zero-order chi connectivity index (χ0) is 9.84. The van der Waals surface area contributed by atoms with Gasteiger partial charge < -0.3 is 5.11 Å². The van der Waals surface area contributed by atoms with E-state index in [0.717, 1.165) is 10.0 Å². The van der Waals surface area contributed by atoms with Crippen LogP contribution < -0.4 is 0 Å². The van der Waals surface area contributed by atoms with Crippen LogP contribution in [0.25, 0.3) is 6.08 Å². The number of aryl methyl sites for hydroxylation is 2. The van der Waals surface area contributed by atoms with E-state index in [-0.39, 0.29) is 6.61 Å². The highest BCUT2D eigenvalue weighted by Crippen LogP contribution is 2.22. The molecule has 0 heterocycles. The average Bonchev–Trinajstić information content (AvgIpc) is 2.10. The zero-order valence-corrected chi connectivity index (χ0v) is 9.43. The van der Waals surface area contributed by atoms with Crippen LogP contribution in [-0.4, -0.2) is 11.7 Å². The maximum absolute atomic E-state index is 8.62. The van der Waals surface area contributed by atoms with Gasteiger partial charge in [-0.25, -0.2) is 0 Å². The number of aliphatic hydroxyl groups excluding tert-OH is 1. The summed E-state index contributed by atoms with van der Waals surface area (Å²) in [5, 5.41) is 8.62. The third-order valence-corrected chi connectivity index (χ3v) is 3.13. The van der Waals surface area contributed by atoms with Crippen molar-refractivity contribution in [3.63, 3.8) is 0 Å². The highest BCUT2D eigenvalue weighted by molar-refractivity contribution is 9.10. The fraction of sp³-hybridized carbons (Fsp3) is 0.273. The topological polar surface area (TPSA) is 20.2 Å². The molecule has 0 aliphatic carbocycles. The maximum atomic E-state index is 8.62. The van der Waals surface area contributed by atoms with Crippen molar-refractivity contribution in [1.82, 2.24) is 0 Å². The van der Waals surface area contributed by atoms with Gasteiger partial charge in [0.1, 0.15) is 0 Å². The second-order valence-corrected chi connectivity index (χ2v) is 3.85. The van der Waals surface area contributed by atoms with Crippen molar-refractivity contribution in [3.05, 3.63) is 39.4 Å². The molecule has 13 heavy (non-hydrogen) atoms. The summed E-state index contributed by atoms with van der Waals surface area (Å²) in [6.07, 6.45) is 3.66. The molecule has 0 saturated heterocycles. The van der Waals surface area contributed by atoms with Gasteiger partial charge >= 0.3 is 0 Å². The number of hydrogen-bond donors (Lipinski definition) is 1. The van der Waals surface area contributed by atoms with Crippen molar-refractivity contribution in [3.8, 4) is 0 Å². The van der Waals surface area contributed by atoms with Crippen molar-refractivity contribution < 1.29 is 5.11 Å². The molecule has 1 N–H and O–H groups in total. The second kappa shape index (κ2) is 4.58. The summed E-state index contributed by atoms with van der Waals surface area (Å²) >= 11 is 3.51. The summed E-state index contributed by atoms with van der Waals surface area (Å²) in [5.41, 5.74) is 3.57. The Morgan fingerprint density at radius 2 is 1.85 bits per heavy atom. The minimum absolute atomic E-state index is 0.0914. The summed E-state index contributed by atoms with van der Waals surface area (Å²) in [5.74, 6) is 0. The Morgan fingerprint density at radius 1 is 1.31 bits per heavy atom. The fourth-order valence-electron chi connectivity index (χ4n) is 1.26. The van der Waals surface area contributed by atoms with E-state index < -0.39 is 0 Å². The van der Waals surface area contributed by atoms with Gasteiger partial charge in [0.2, 0.25) is 0 Å². The summed E-state index contributed by atoms with van der Waals surface area (Å²) in [6, 6.07) is 4.17. The normalized spacial score (nSPS) is 11.1. The van der Waals surface area contributed by atoms with Crippen molar-refractivity contribution in [2.75, 3.05) is 6.61 Å². The van der Waals surface area contributed by atoms with Gasteiger partial charge in [-0.3, -0.25) is 0 Å². The molecule has 70 valence electrons. The van der Waals surface area contributed by atoms with Gasteiger partial charge in [-0.15, -0.1) is 0 Å². The molecule has 1 nitrogen and oxygen atoms in total. The summed E-state index contributed by atoms with van der Waals surface area (Å²) < 4.78 is 1.16. The van der Waals surface area contributed by atoms with E-state index in [2.05, 4.69) is 41.9 Å². The average molecular weight is 241 g/mol. The van der Waals surface area contributed by atoms with Gasteiger partial charge in [-0.1, -0.05) is 40.2 Å². The lowest BCUT2D eigenvalue weighted by atomic mass is 10.1. The molecule has 2 heteroatoms. The Kier molecular flexibility index (Phi) is 3.70. The van der Waals surface area contributed by atoms with Crippen molar-refractivity contribution in [1.29, 1.82) is 0 Å². The smallest absolute Gasteiger partial charge is 0.0615 e. The number of benzene rings is 1. The van der Waals surface area contributed by atoms with E-state index in [1.54, 1.807) is 6.08 Å². The SMILES string of the molecule is Cc1cc(/C=C/CO)cc(C)c1Br. The first-order valence-electron chi connectivity index (χ1n) is 4.19. The van der Waals surface area contributed by atoms with E-state index in [1.165, 1.54) is 11.1 Å². The Morgan fingerprint density at radius 3 is 2.31 bits per heavy atom. The molecule has 0 saturated carbocycles. The van der Waals surface area contributed by atoms with Crippen LogP contribution in [0.2, 0.25) is 0 Å². The van der Waals surface area contributed by atoms with Crippen LogP contribution in [0.3, 0.4) is 0 Å². The quantitative estimate of drug-likeness (QED) is 0.843.